The quantitative estimate of drug-likeness (QED) is 0.277. The molecule has 0 saturated carbocycles. The number of carbonyl (C=O) groups is 1. The molecular formula is C20H11BrClIN2O3. The van der Waals surface area contributed by atoms with Crippen molar-refractivity contribution in [3.8, 4) is 17.2 Å². The van der Waals surface area contributed by atoms with E-state index in [-0.39, 0.29) is 11.7 Å². The largest absolute Gasteiger partial charge is 0.507 e. The van der Waals surface area contributed by atoms with E-state index in [4.69, 9.17) is 16.0 Å². The predicted octanol–water partition coefficient (Wildman–Crippen LogP) is 6.47. The second-order valence-corrected chi connectivity index (χ2v) is 8.45. The number of hydrogen-bond acceptors (Lipinski definition) is 4. The lowest BCUT2D eigenvalue weighted by molar-refractivity contribution is 0.102. The molecule has 0 bridgehead atoms. The van der Waals surface area contributed by atoms with Crippen molar-refractivity contribution in [2.75, 3.05) is 5.32 Å². The smallest absolute Gasteiger partial charge is 0.257 e. The van der Waals surface area contributed by atoms with Gasteiger partial charge in [-0.05, 0) is 93.1 Å². The molecule has 4 aromatic rings. The Balaban J connectivity index is 1.63. The van der Waals surface area contributed by atoms with Crippen LogP contribution in [0.4, 0.5) is 5.69 Å². The number of phenols is 1. The molecule has 5 nitrogen and oxygen atoms in total. The zero-order chi connectivity index (χ0) is 19.8. The monoisotopic (exact) mass is 568 g/mol. The molecule has 2 N–H and O–H groups in total. The lowest BCUT2D eigenvalue weighted by Crippen LogP contribution is -2.12. The van der Waals surface area contributed by atoms with E-state index in [1.807, 2.05) is 6.07 Å². The first kappa shape index (κ1) is 19.2. The van der Waals surface area contributed by atoms with Crippen LogP contribution in [0.15, 0.2) is 63.5 Å². The summed E-state index contributed by atoms with van der Waals surface area (Å²) in [7, 11) is 0. The van der Waals surface area contributed by atoms with E-state index >= 15 is 0 Å². The van der Waals surface area contributed by atoms with Crippen molar-refractivity contribution in [2.45, 2.75) is 0 Å². The van der Waals surface area contributed by atoms with Gasteiger partial charge in [-0.3, -0.25) is 4.79 Å². The van der Waals surface area contributed by atoms with Crippen molar-refractivity contribution < 1.29 is 14.3 Å². The Morgan fingerprint density at radius 2 is 1.96 bits per heavy atom. The number of nitrogens with zero attached hydrogens (tertiary/aromatic N) is 1. The van der Waals surface area contributed by atoms with Crippen LogP contribution < -0.4 is 5.32 Å². The molecule has 1 heterocycles. The highest BCUT2D eigenvalue weighted by molar-refractivity contribution is 14.1. The van der Waals surface area contributed by atoms with Gasteiger partial charge in [0.05, 0.1) is 15.1 Å². The zero-order valence-corrected chi connectivity index (χ0v) is 18.5. The normalized spacial score (nSPS) is 11.0. The van der Waals surface area contributed by atoms with E-state index in [2.05, 4.69) is 48.8 Å². The second-order valence-electron chi connectivity index (χ2n) is 5.95. The van der Waals surface area contributed by atoms with Crippen LogP contribution >= 0.6 is 50.1 Å². The van der Waals surface area contributed by atoms with Gasteiger partial charge in [0.2, 0.25) is 5.89 Å². The van der Waals surface area contributed by atoms with Gasteiger partial charge in [-0.25, -0.2) is 4.98 Å². The van der Waals surface area contributed by atoms with Crippen molar-refractivity contribution >= 4 is 72.8 Å². The summed E-state index contributed by atoms with van der Waals surface area (Å²) in [5, 5.41) is 12.9. The molecular weight excluding hydrogens is 558 g/mol. The molecule has 0 aliphatic carbocycles. The van der Waals surface area contributed by atoms with Gasteiger partial charge in [0.1, 0.15) is 11.3 Å². The number of hydrogen-bond donors (Lipinski definition) is 2. The van der Waals surface area contributed by atoms with Crippen LogP contribution in [0.25, 0.3) is 22.6 Å². The molecule has 0 fully saturated rings. The molecule has 140 valence electrons. The first-order chi connectivity index (χ1) is 13.4. The maximum Gasteiger partial charge on any atom is 0.257 e. The standard InChI is InChI=1S/C20H11BrClIN2O3/c21-14-7-10(1-5-17(14)26)20-25-16-9-12(3-6-18(16)28-20)24-19(27)13-8-11(23)2-4-15(13)22/h1-9,26H,(H,24,27). The molecule has 3 aromatic carbocycles. The first-order valence-corrected chi connectivity index (χ1v) is 10.3. The van der Waals surface area contributed by atoms with Crippen molar-refractivity contribution in [3.63, 3.8) is 0 Å². The van der Waals surface area contributed by atoms with E-state index in [1.54, 1.807) is 48.5 Å². The number of aromatic hydroxyl groups is 1. The van der Waals surface area contributed by atoms with E-state index in [0.29, 0.717) is 37.7 Å². The van der Waals surface area contributed by atoms with Crippen LogP contribution in [0.5, 0.6) is 5.75 Å². The van der Waals surface area contributed by atoms with Crippen LogP contribution in [0.3, 0.4) is 0 Å². The van der Waals surface area contributed by atoms with E-state index < -0.39 is 0 Å². The third-order valence-corrected chi connectivity index (χ3v) is 5.65. The molecule has 1 amide bonds. The lowest BCUT2D eigenvalue weighted by atomic mass is 10.2. The van der Waals surface area contributed by atoms with Crippen LogP contribution in [-0.4, -0.2) is 16.0 Å². The van der Waals surface area contributed by atoms with Gasteiger partial charge in [-0.1, -0.05) is 11.6 Å². The minimum absolute atomic E-state index is 0.138. The number of fused-ring (bicyclic) bond motifs is 1. The third-order valence-electron chi connectivity index (χ3n) is 4.01. The number of benzene rings is 3. The molecule has 0 aliphatic heterocycles. The fourth-order valence-electron chi connectivity index (χ4n) is 2.64. The Kier molecular flexibility index (Phi) is 5.31. The Labute approximate surface area is 187 Å². The number of amides is 1. The summed E-state index contributed by atoms with van der Waals surface area (Å²) in [5.74, 6) is 0.257. The second kappa shape index (κ2) is 7.73. The molecule has 0 atom stereocenters. The number of rotatable bonds is 3. The summed E-state index contributed by atoms with van der Waals surface area (Å²) >= 11 is 11.5. The van der Waals surface area contributed by atoms with Crippen molar-refractivity contribution in [1.29, 1.82) is 0 Å². The molecule has 0 spiro atoms. The maximum atomic E-state index is 12.5. The molecule has 0 aliphatic rings. The van der Waals surface area contributed by atoms with Gasteiger partial charge in [-0.2, -0.15) is 0 Å². The molecule has 8 heteroatoms. The summed E-state index contributed by atoms with van der Waals surface area (Å²) < 4.78 is 7.25. The van der Waals surface area contributed by atoms with Gasteiger partial charge < -0.3 is 14.8 Å². The molecule has 0 saturated heterocycles. The summed E-state index contributed by atoms with van der Waals surface area (Å²) in [6.45, 7) is 0. The molecule has 4 rings (SSSR count). The van der Waals surface area contributed by atoms with Crippen molar-refractivity contribution in [3.05, 3.63) is 73.2 Å². The molecule has 0 unspecified atom stereocenters. The Morgan fingerprint density at radius 1 is 1.14 bits per heavy atom. The molecule has 0 radical (unpaired) electrons. The topological polar surface area (TPSA) is 75.4 Å². The Hall–Kier alpha value is -2.10. The Bertz CT molecular complexity index is 1230. The minimum atomic E-state index is -0.297. The number of anilines is 1. The SMILES string of the molecule is O=C(Nc1ccc2oc(-c3ccc(O)c(Br)c3)nc2c1)c1cc(I)ccc1Cl. The average molecular weight is 570 g/mol. The van der Waals surface area contributed by atoms with Crippen molar-refractivity contribution in [2.24, 2.45) is 0 Å². The summed E-state index contributed by atoms with van der Waals surface area (Å²) in [6.07, 6.45) is 0. The van der Waals surface area contributed by atoms with Crippen LogP contribution in [0, 0.1) is 3.57 Å². The molecule has 28 heavy (non-hydrogen) atoms. The van der Waals surface area contributed by atoms with E-state index in [9.17, 15) is 9.90 Å². The highest BCUT2D eigenvalue weighted by Crippen LogP contribution is 2.32. The predicted molar refractivity (Wildman–Crippen MR) is 121 cm³/mol. The summed E-state index contributed by atoms with van der Waals surface area (Å²) in [4.78, 5) is 17.0. The zero-order valence-electron chi connectivity index (χ0n) is 14.0. The fourth-order valence-corrected chi connectivity index (χ4v) is 3.71. The number of halogens is 3. The average Bonchev–Trinajstić information content (AvgIpc) is 3.09. The van der Waals surface area contributed by atoms with Gasteiger partial charge in [-0.15, -0.1) is 0 Å². The highest BCUT2D eigenvalue weighted by Gasteiger charge is 2.14. The van der Waals surface area contributed by atoms with Gasteiger partial charge in [0.25, 0.3) is 5.91 Å². The number of aromatic nitrogens is 1. The van der Waals surface area contributed by atoms with Gasteiger partial charge >= 0.3 is 0 Å². The number of nitrogens with one attached hydrogen (secondary N) is 1. The Morgan fingerprint density at radius 3 is 2.75 bits per heavy atom. The number of phenolic OH excluding ortho intramolecular Hbond substituents is 1. The third kappa shape index (κ3) is 3.87. The van der Waals surface area contributed by atoms with Crippen molar-refractivity contribution in [1.82, 2.24) is 4.98 Å². The molecule has 1 aromatic heterocycles. The van der Waals surface area contributed by atoms with Crippen LogP contribution in [0.1, 0.15) is 10.4 Å². The van der Waals surface area contributed by atoms with E-state index in [1.165, 1.54) is 0 Å². The van der Waals surface area contributed by atoms with Crippen LogP contribution in [0.2, 0.25) is 5.02 Å². The van der Waals surface area contributed by atoms with Gasteiger partial charge in [0, 0.05) is 14.8 Å². The van der Waals surface area contributed by atoms with Crippen LogP contribution in [-0.2, 0) is 0 Å². The lowest BCUT2D eigenvalue weighted by Gasteiger charge is -2.07. The fraction of sp³-hybridized carbons (Fsp3) is 0. The summed E-state index contributed by atoms with van der Waals surface area (Å²) in [6, 6.07) is 15.5. The number of oxazole rings is 1. The van der Waals surface area contributed by atoms with Gasteiger partial charge in [0.15, 0.2) is 5.58 Å². The van der Waals surface area contributed by atoms with E-state index in [0.717, 1.165) is 9.13 Å². The summed E-state index contributed by atoms with van der Waals surface area (Å²) in [5.41, 5.74) is 2.90. The highest BCUT2D eigenvalue weighted by atomic mass is 127. The maximum absolute atomic E-state index is 12.5. The number of carbonyl (C=O) groups excluding carboxylic acids is 1. The first-order valence-electron chi connectivity index (χ1n) is 8.06. The minimum Gasteiger partial charge on any atom is -0.507 e.